The fourth-order valence-corrected chi connectivity index (χ4v) is 3.70. The number of hydrogen-bond donors (Lipinski definition) is 0. The third-order valence-electron chi connectivity index (χ3n) is 4.89. The molecule has 3 rings (SSSR count). The van der Waals surface area contributed by atoms with Crippen LogP contribution in [0.1, 0.15) is 18.4 Å². The van der Waals surface area contributed by atoms with Crippen molar-refractivity contribution in [1.29, 1.82) is 0 Å². The van der Waals surface area contributed by atoms with Gasteiger partial charge in [-0.3, -0.25) is 4.79 Å². The molecule has 1 saturated heterocycles. The molecule has 5 nitrogen and oxygen atoms in total. The van der Waals surface area contributed by atoms with Gasteiger partial charge >= 0.3 is 12.1 Å². The standard InChI is InChI=1S/C18H18F3NO4/c1-25-12-5-3-10(4-6-12)9-22-14-8-11(16(22)23)7-13(14)15(17(24)26-2)18(19,20)21/h3-6,11,14H,7-9H2,1-2H3/b15-13-/t11-,14-/m0/s1. The van der Waals surface area contributed by atoms with Crippen molar-refractivity contribution in [2.24, 2.45) is 5.92 Å². The van der Waals surface area contributed by atoms with Gasteiger partial charge in [0.2, 0.25) is 5.91 Å². The molecule has 1 aromatic rings. The molecule has 140 valence electrons. The summed E-state index contributed by atoms with van der Waals surface area (Å²) in [5.74, 6) is -1.46. The third-order valence-corrected chi connectivity index (χ3v) is 4.89. The zero-order chi connectivity index (χ0) is 19.1. The van der Waals surface area contributed by atoms with Crippen molar-refractivity contribution in [2.75, 3.05) is 14.2 Å². The summed E-state index contributed by atoms with van der Waals surface area (Å²) in [4.78, 5) is 25.6. The normalized spacial score (nSPS) is 24.0. The molecule has 0 unspecified atom stereocenters. The second-order valence-corrected chi connectivity index (χ2v) is 6.36. The lowest BCUT2D eigenvalue weighted by Crippen LogP contribution is -2.40. The zero-order valence-electron chi connectivity index (χ0n) is 14.3. The molecule has 0 N–H and O–H groups in total. The molecular weight excluding hydrogens is 351 g/mol. The minimum Gasteiger partial charge on any atom is -0.497 e. The number of methoxy groups -OCH3 is 2. The van der Waals surface area contributed by atoms with Crippen LogP contribution in [0.4, 0.5) is 13.2 Å². The first-order valence-electron chi connectivity index (χ1n) is 8.08. The molecule has 0 aromatic heterocycles. The summed E-state index contributed by atoms with van der Waals surface area (Å²) in [5.41, 5.74) is -0.556. The third kappa shape index (κ3) is 3.15. The van der Waals surface area contributed by atoms with Gasteiger partial charge in [-0.25, -0.2) is 4.79 Å². The second-order valence-electron chi connectivity index (χ2n) is 6.36. The van der Waals surface area contributed by atoms with Crippen LogP contribution in [0.25, 0.3) is 0 Å². The van der Waals surface area contributed by atoms with Gasteiger partial charge in [0.25, 0.3) is 0 Å². The number of nitrogens with zero attached hydrogens (tertiary/aromatic N) is 1. The molecule has 1 aromatic carbocycles. The van der Waals surface area contributed by atoms with Crippen molar-refractivity contribution >= 4 is 11.9 Å². The van der Waals surface area contributed by atoms with Crippen LogP contribution in [0, 0.1) is 5.92 Å². The number of carbonyl (C=O) groups excluding carboxylic acids is 2. The van der Waals surface area contributed by atoms with E-state index < -0.39 is 29.7 Å². The van der Waals surface area contributed by atoms with E-state index >= 15 is 0 Å². The Hall–Kier alpha value is -2.51. The summed E-state index contributed by atoms with van der Waals surface area (Å²) in [7, 11) is 2.45. The van der Waals surface area contributed by atoms with Gasteiger partial charge in [-0.2, -0.15) is 13.2 Å². The summed E-state index contributed by atoms with van der Waals surface area (Å²) in [6.07, 6.45) is -4.57. The van der Waals surface area contributed by atoms with Crippen LogP contribution in [0.5, 0.6) is 5.75 Å². The minimum absolute atomic E-state index is 0.0491. The van der Waals surface area contributed by atoms with E-state index in [1.807, 2.05) is 0 Å². The van der Waals surface area contributed by atoms with Crippen LogP contribution >= 0.6 is 0 Å². The number of rotatable bonds is 4. The highest BCUT2D eigenvalue weighted by atomic mass is 19.4. The van der Waals surface area contributed by atoms with Crippen molar-refractivity contribution in [3.05, 3.63) is 41.0 Å². The summed E-state index contributed by atoms with van der Waals surface area (Å²) < 4.78 is 49.6. The lowest BCUT2D eigenvalue weighted by Gasteiger charge is -2.31. The molecule has 1 amide bonds. The molecule has 0 spiro atoms. The van der Waals surface area contributed by atoms with Gasteiger partial charge in [0.15, 0.2) is 0 Å². The van der Waals surface area contributed by atoms with Crippen LogP contribution in [-0.4, -0.2) is 43.2 Å². The second kappa shape index (κ2) is 6.66. The van der Waals surface area contributed by atoms with Crippen molar-refractivity contribution < 1.29 is 32.2 Å². The monoisotopic (exact) mass is 369 g/mol. The number of piperidine rings is 1. The Balaban J connectivity index is 1.92. The maximum atomic E-state index is 13.4. The maximum absolute atomic E-state index is 13.4. The molecule has 1 saturated carbocycles. The average Bonchev–Trinajstić information content (AvgIpc) is 3.14. The highest BCUT2D eigenvalue weighted by molar-refractivity contribution is 5.93. The maximum Gasteiger partial charge on any atom is 0.423 e. The number of ether oxygens (including phenoxy) is 2. The van der Waals surface area contributed by atoms with Gasteiger partial charge in [-0.1, -0.05) is 12.1 Å². The van der Waals surface area contributed by atoms with Crippen LogP contribution in [0.2, 0.25) is 0 Å². The molecule has 2 bridgehead atoms. The van der Waals surface area contributed by atoms with E-state index in [1.54, 1.807) is 24.3 Å². The van der Waals surface area contributed by atoms with E-state index in [2.05, 4.69) is 4.74 Å². The molecular formula is C18H18F3NO4. The lowest BCUT2D eigenvalue weighted by atomic mass is 9.97. The summed E-state index contributed by atoms with van der Waals surface area (Å²) in [6.45, 7) is 0.180. The Morgan fingerprint density at radius 1 is 1.23 bits per heavy atom. The van der Waals surface area contributed by atoms with Crippen LogP contribution in [0.3, 0.4) is 0 Å². The molecule has 2 atom stereocenters. The number of esters is 1. The van der Waals surface area contributed by atoms with E-state index in [4.69, 9.17) is 4.74 Å². The van der Waals surface area contributed by atoms with Crippen molar-refractivity contribution in [1.82, 2.24) is 4.90 Å². The van der Waals surface area contributed by atoms with Crippen molar-refractivity contribution in [3.63, 3.8) is 0 Å². The predicted molar refractivity (Wildman–Crippen MR) is 85.2 cm³/mol. The van der Waals surface area contributed by atoms with Crippen molar-refractivity contribution in [3.8, 4) is 5.75 Å². The van der Waals surface area contributed by atoms with Gasteiger partial charge in [0.05, 0.1) is 20.3 Å². The van der Waals surface area contributed by atoms with Gasteiger partial charge in [0, 0.05) is 12.5 Å². The zero-order valence-corrected chi connectivity index (χ0v) is 14.3. The smallest absolute Gasteiger partial charge is 0.423 e. The van der Waals surface area contributed by atoms with Crippen LogP contribution in [0.15, 0.2) is 35.4 Å². The fraction of sp³-hybridized carbons (Fsp3) is 0.444. The topological polar surface area (TPSA) is 55.8 Å². The Morgan fingerprint density at radius 2 is 1.88 bits per heavy atom. The first-order chi connectivity index (χ1) is 12.3. The largest absolute Gasteiger partial charge is 0.497 e. The lowest BCUT2D eigenvalue weighted by molar-refractivity contribution is -0.149. The van der Waals surface area contributed by atoms with Crippen LogP contribution < -0.4 is 4.74 Å². The van der Waals surface area contributed by atoms with Gasteiger partial charge < -0.3 is 14.4 Å². The SMILES string of the molecule is COC(=O)/C(=C1\C[C@H]2C[C@@H]1N(Cc1ccc(OC)cc1)C2=O)C(F)(F)F. The number of fused-ring (bicyclic) bond motifs is 2. The van der Waals surface area contributed by atoms with E-state index in [0.717, 1.165) is 12.7 Å². The number of halogens is 3. The van der Waals surface area contributed by atoms with Gasteiger partial charge in [-0.15, -0.1) is 0 Å². The highest BCUT2D eigenvalue weighted by Gasteiger charge is 2.53. The summed E-state index contributed by atoms with van der Waals surface area (Å²) in [5, 5.41) is 0. The molecule has 2 aliphatic rings. The van der Waals surface area contributed by atoms with Gasteiger partial charge in [0.1, 0.15) is 11.3 Å². The minimum atomic E-state index is -4.82. The Labute approximate surface area is 148 Å². The average molecular weight is 369 g/mol. The number of benzene rings is 1. The van der Waals surface area contributed by atoms with E-state index in [-0.39, 0.29) is 24.4 Å². The Kier molecular flexibility index (Phi) is 4.68. The molecule has 1 aliphatic heterocycles. The van der Waals surface area contributed by atoms with Gasteiger partial charge in [-0.05, 0) is 36.1 Å². The number of alkyl halides is 3. The molecule has 8 heteroatoms. The first-order valence-corrected chi connectivity index (χ1v) is 8.08. The predicted octanol–water partition coefficient (Wildman–Crippen LogP) is 2.85. The first kappa shape index (κ1) is 18.3. The van der Waals surface area contributed by atoms with E-state index in [1.165, 1.54) is 12.0 Å². The number of hydrogen-bond acceptors (Lipinski definition) is 4. The molecule has 26 heavy (non-hydrogen) atoms. The molecule has 2 fully saturated rings. The summed E-state index contributed by atoms with van der Waals surface area (Å²) >= 11 is 0. The molecule has 1 aliphatic carbocycles. The number of carbonyl (C=O) groups is 2. The summed E-state index contributed by atoms with van der Waals surface area (Å²) in [6, 6.07) is 6.23. The van der Waals surface area contributed by atoms with E-state index in [0.29, 0.717) is 12.2 Å². The number of likely N-dealkylation sites (tertiary alicyclic amines) is 1. The Bertz CT molecular complexity index is 755. The fourth-order valence-electron chi connectivity index (χ4n) is 3.70. The van der Waals surface area contributed by atoms with E-state index in [9.17, 15) is 22.8 Å². The Morgan fingerprint density at radius 3 is 2.38 bits per heavy atom. The highest BCUT2D eigenvalue weighted by Crippen LogP contribution is 2.47. The molecule has 0 radical (unpaired) electrons. The molecule has 1 heterocycles. The quantitative estimate of drug-likeness (QED) is 0.605. The van der Waals surface area contributed by atoms with Crippen molar-refractivity contribution in [2.45, 2.75) is 31.6 Å². The number of amides is 1. The van der Waals surface area contributed by atoms with Crippen LogP contribution in [-0.2, 0) is 20.9 Å².